The van der Waals surface area contributed by atoms with E-state index >= 15 is 0 Å². The van der Waals surface area contributed by atoms with Crippen LogP contribution in [0.4, 0.5) is 5.69 Å². The van der Waals surface area contributed by atoms with Gasteiger partial charge in [0.2, 0.25) is 0 Å². The van der Waals surface area contributed by atoms with Gasteiger partial charge in [0.05, 0.1) is 17.1 Å². The molecule has 122 valence electrons. The Morgan fingerprint density at radius 1 is 1.30 bits per heavy atom. The van der Waals surface area contributed by atoms with Gasteiger partial charge in [0.15, 0.2) is 0 Å². The summed E-state index contributed by atoms with van der Waals surface area (Å²) in [4.78, 5) is 33.7. The summed E-state index contributed by atoms with van der Waals surface area (Å²) in [6.07, 6.45) is 4.52. The predicted octanol–water partition coefficient (Wildman–Crippen LogP) is 1.43. The predicted molar refractivity (Wildman–Crippen MR) is 84.5 cm³/mol. The minimum atomic E-state index is -1.32. The molecule has 1 atom stereocenters. The fraction of sp³-hybridized carbons (Fsp3) is 0.267. The fourth-order valence-electron chi connectivity index (χ4n) is 1.72. The Labute approximate surface area is 137 Å². The lowest BCUT2D eigenvalue weighted by Crippen LogP contribution is -2.41. The van der Waals surface area contributed by atoms with Crippen LogP contribution in [0.3, 0.4) is 0 Å². The number of terminal acetylenes is 1. The van der Waals surface area contributed by atoms with Crippen molar-refractivity contribution in [1.82, 2.24) is 5.32 Å². The number of anilines is 1. The molecule has 7 nitrogen and oxygen atoms in total. The van der Waals surface area contributed by atoms with E-state index in [4.69, 9.17) is 28.2 Å². The van der Waals surface area contributed by atoms with Crippen LogP contribution in [0.25, 0.3) is 0 Å². The lowest BCUT2D eigenvalue weighted by atomic mass is 10.1. The fourth-order valence-corrected chi connectivity index (χ4v) is 1.99. The molecule has 4 N–H and O–H groups in total. The molecule has 0 saturated heterocycles. The van der Waals surface area contributed by atoms with Crippen molar-refractivity contribution in [3.05, 3.63) is 28.8 Å². The smallest absolute Gasteiger partial charge is 0.326 e. The minimum Gasteiger partial charge on any atom is -0.481 e. The molecule has 1 rings (SSSR count). The van der Waals surface area contributed by atoms with E-state index in [9.17, 15) is 14.4 Å². The summed E-state index contributed by atoms with van der Waals surface area (Å²) in [7, 11) is 0. The quantitative estimate of drug-likeness (QED) is 0.533. The molecule has 1 aromatic rings. The largest absolute Gasteiger partial charge is 0.481 e. The van der Waals surface area contributed by atoms with Gasteiger partial charge in [-0.1, -0.05) is 17.5 Å². The Balaban J connectivity index is 2.81. The molecule has 1 aromatic carbocycles. The van der Waals surface area contributed by atoms with E-state index < -0.39 is 23.9 Å². The first-order chi connectivity index (χ1) is 10.8. The molecule has 8 heteroatoms. The van der Waals surface area contributed by atoms with Crippen molar-refractivity contribution < 1.29 is 24.6 Å². The Morgan fingerprint density at radius 3 is 2.52 bits per heavy atom. The van der Waals surface area contributed by atoms with Crippen molar-refractivity contribution >= 4 is 35.1 Å². The zero-order chi connectivity index (χ0) is 17.4. The van der Waals surface area contributed by atoms with Crippen LogP contribution in [0, 0.1) is 12.3 Å². The van der Waals surface area contributed by atoms with E-state index in [2.05, 4.69) is 16.6 Å². The van der Waals surface area contributed by atoms with Gasteiger partial charge >= 0.3 is 11.9 Å². The minimum absolute atomic E-state index is 0.0829. The number of carbonyl (C=O) groups is 3. The number of carbonyl (C=O) groups excluding carboxylic acids is 1. The van der Waals surface area contributed by atoms with Crippen molar-refractivity contribution in [2.45, 2.75) is 18.9 Å². The zero-order valence-electron chi connectivity index (χ0n) is 12.0. The van der Waals surface area contributed by atoms with E-state index in [0.29, 0.717) is 5.69 Å². The number of halogens is 1. The summed E-state index contributed by atoms with van der Waals surface area (Å²) in [5.41, 5.74) is 0.699. The second-order valence-corrected chi connectivity index (χ2v) is 4.96. The maximum atomic E-state index is 12.1. The van der Waals surface area contributed by atoms with E-state index in [1.54, 1.807) is 6.07 Å². The maximum Gasteiger partial charge on any atom is 0.326 e. The summed E-state index contributed by atoms with van der Waals surface area (Å²) in [5.74, 6) is -0.772. The van der Waals surface area contributed by atoms with Gasteiger partial charge in [0.25, 0.3) is 5.91 Å². The van der Waals surface area contributed by atoms with E-state index in [1.807, 2.05) is 0 Å². The van der Waals surface area contributed by atoms with E-state index in [1.165, 1.54) is 12.1 Å². The van der Waals surface area contributed by atoms with Gasteiger partial charge < -0.3 is 20.8 Å². The molecule has 0 aliphatic carbocycles. The summed E-state index contributed by atoms with van der Waals surface area (Å²) < 4.78 is 0. The van der Waals surface area contributed by atoms with Crippen LogP contribution in [0.1, 0.15) is 23.2 Å². The molecule has 0 spiro atoms. The highest BCUT2D eigenvalue weighted by atomic mass is 35.5. The molecular formula is C15H15ClN2O5. The van der Waals surface area contributed by atoms with Crippen molar-refractivity contribution in [3.8, 4) is 12.3 Å². The molecule has 0 aliphatic heterocycles. The van der Waals surface area contributed by atoms with Crippen molar-refractivity contribution in [2.24, 2.45) is 0 Å². The van der Waals surface area contributed by atoms with Crippen LogP contribution in [0.15, 0.2) is 18.2 Å². The average Bonchev–Trinajstić information content (AvgIpc) is 2.48. The average molecular weight is 339 g/mol. The molecule has 0 fully saturated rings. The summed E-state index contributed by atoms with van der Waals surface area (Å²) in [6, 6.07) is 3.17. The third-order valence-electron chi connectivity index (χ3n) is 2.86. The zero-order valence-corrected chi connectivity index (χ0v) is 12.8. The molecule has 0 aromatic heterocycles. The number of benzene rings is 1. The van der Waals surface area contributed by atoms with Crippen LogP contribution in [-0.2, 0) is 9.59 Å². The first-order valence-electron chi connectivity index (χ1n) is 6.57. The summed E-state index contributed by atoms with van der Waals surface area (Å²) in [6.45, 7) is 0.290. The van der Waals surface area contributed by atoms with Crippen molar-refractivity contribution in [3.63, 3.8) is 0 Å². The molecule has 0 unspecified atom stereocenters. The van der Waals surface area contributed by atoms with Gasteiger partial charge in [0.1, 0.15) is 6.04 Å². The number of nitrogens with one attached hydrogen (secondary N) is 2. The highest BCUT2D eigenvalue weighted by molar-refractivity contribution is 6.34. The highest BCUT2D eigenvalue weighted by Gasteiger charge is 2.22. The molecule has 23 heavy (non-hydrogen) atoms. The van der Waals surface area contributed by atoms with Crippen LogP contribution in [-0.4, -0.2) is 40.6 Å². The number of amides is 1. The molecule has 0 heterocycles. The number of rotatable bonds is 8. The molecule has 0 bridgehead atoms. The third kappa shape index (κ3) is 5.88. The number of aliphatic carboxylic acids is 2. The molecule has 0 radical (unpaired) electrons. The highest BCUT2D eigenvalue weighted by Crippen LogP contribution is 2.21. The van der Waals surface area contributed by atoms with Crippen LogP contribution >= 0.6 is 11.6 Å². The van der Waals surface area contributed by atoms with Gasteiger partial charge in [-0.05, 0) is 24.6 Å². The standard InChI is InChI=1S/C15H15ClN2O5/c1-2-7-17-9-3-4-10(11(16)8-9)14(21)18-12(15(22)23)5-6-13(19)20/h1,3-4,8,12,17H,5-7H2,(H,18,21)(H,19,20)(H,22,23)/t12-/m1/s1. The van der Waals surface area contributed by atoms with E-state index in [-0.39, 0.29) is 30.0 Å². The molecule has 0 aliphatic rings. The Bertz CT molecular complexity index is 654. The van der Waals surface area contributed by atoms with Gasteiger partial charge in [-0.25, -0.2) is 4.79 Å². The van der Waals surface area contributed by atoms with E-state index in [0.717, 1.165) is 0 Å². The molecule has 1 amide bonds. The SMILES string of the molecule is C#CCNc1ccc(C(=O)N[C@H](CCC(=O)O)C(=O)O)c(Cl)c1. The van der Waals surface area contributed by atoms with Crippen molar-refractivity contribution in [1.29, 1.82) is 0 Å². The molecular weight excluding hydrogens is 324 g/mol. The first kappa shape index (κ1) is 18.3. The van der Waals surface area contributed by atoms with Crippen molar-refractivity contribution in [2.75, 3.05) is 11.9 Å². The third-order valence-corrected chi connectivity index (χ3v) is 3.17. The lowest BCUT2D eigenvalue weighted by molar-refractivity contribution is -0.140. The van der Waals surface area contributed by atoms with Gasteiger partial charge in [-0.3, -0.25) is 9.59 Å². The Hall–Kier alpha value is -2.72. The first-order valence-corrected chi connectivity index (χ1v) is 6.95. The Morgan fingerprint density at radius 2 is 2.00 bits per heavy atom. The molecule has 0 saturated carbocycles. The topological polar surface area (TPSA) is 116 Å². The lowest BCUT2D eigenvalue weighted by Gasteiger charge is -2.14. The summed E-state index contributed by atoms with van der Waals surface area (Å²) >= 11 is 6.00. The normalized spacial score (nSPS) is 11.1. The Kier molecular flexibility index (Phi) is 6.90. The maximum absolute atomic E-state index is 12.1. The number of carboxylic acids is 2. The second-order valence-electron chi connectivity index (χ2n) is 4.55. The number of hydrogen-bond acceptors (Lipinski definition) is 4. The van der Waals surface area contributed by atoms with Crippen LogP contribution in [0.5, 0.6) is 0 Å². The summed E-state index contributed by atoms with van der Waals surface area (Å²) in [5, 5.41) is 22.9. The monoisotopic (exact) mass is 338 g/mol. The van der Waals surface area contributed by atoms with Gasteiger partial charge in [-0.15, -0.1) is 6.42 Å². The van der Waals surface area contributed by atoms with Gasteiger partial charge in [0, 0.05) is 12.1 Å². The number of carboxylic acid groups (broad SMARTS) is 2. The van der Waals surface area contributed by atoms with Crippen LogP contribution < -0.4 is 10.6 Å². The van der Waals surface area contributed by atoms with Crippen LogP contribution in [0.2, 0.25) is 5.02 Å². The van der Waals surface area contributed by atoms with Gasteiger partial charge in [-0.2, -0.15) is 0 Å². The second kappa shape index (κ2) is 8.66. The number of hydrogen-bond donors (Lipinski definition) is 4.